The van der Waals surface area contributed by atoms with Crippen LogP contribution in [0.15, 0.2) is 28.7 Å². The topological polar surface area (TPSA) is 52.3 Å². The van der Waals surface area contributed by atoms with Gasteiger partial charge in [0.25, 0.3) is 0 Å². The van der Waals surface area contributed by atoms with Crippen LogP contribution in [-0.2, 0) is 0 Å². The Kier molecular flexibility index (Phi) is 4.59. The number of methoxy groups -OCH3 is 1. The number of anilines is 1. The van der Waals surface area contributed by atoms with Gasteiger partial charge in [-0.15, -0.1) is 0 Å². The lowest BCUT2D eigenvalue weighted by Crippen LogP contribution is -2.09. The van der Waals surface area contributed by atoms with Crippen molar-refractivity contribution in [2.24, 2.45) is 0 Å². The standard InChI is InChI=1S/C16H15BrClNO2/c1-8-7-11(17)9(2)13(16(8)21-3)15(20)10-5-4-6-12(19)14(10)18/h4-7H,19H2,1-3H3. The van der Waals surface area contributed by atoms with Crippen molar-refractivity contribution in [3.8, 4) is 5.75 Å². The fraction of sp³-hybridized carbons (Fsp3) is 0.188. The Morgan fingerprint density at radius 2 is 2.00 bits per heavy atom. The molecule has 2 aromatic rings. The molecule has 110 valence electrons. The number of hydrogen-bond acceptors (Lipinski definition) is 3. The predicted octanol–water partition coefficient (Wildman–Crippen LogP) is 4.54. The maximum atomic E-state index is 12.9. The van der Waals surface area contributed by atoms with E-state index < -0.39 is 0 Å². The molecule has 21 heavy (non-hydrogen) atoms. The van der Waals surface area contributed by atoms with Gasteiger partial charge in [0.1, 0.15) is 5.75 Å². The van der Waals surface area contributed by atoms with E-state index >= 15 is 0 Å². The Morgan fingerprint density at radius 3 is 2.62 bits per heavy atom. The van der Waals surface area contributed by atoms with Crippen LogP contribution in [0.4, 0.5) is 5.69 Å². The minimum Gasteiger partial charge on any atom is -0.496 e. The molecule has 0 aliphatic rings. The molecule has 2 rings (SSSR count). The Balaban J connectivity index is 2.72. The van der Waals surface area contributed by atoms with E-state index in [1.165, 1.54) is 0 Å². The summed E-state index contributed by atoms with van der Waals surface area (Å²) in [5, 5.41) is 0.265. The molecule has 0 aliphatic carbocycles. The summed E-state index contributed by atoms with van der Waals surface area (Å²) in [4.78, 5) is 12.9. The molecule has 2 N–H and O–H groups in total. The monoisotopic (exact) mass is 367 g/mol. The predicted molar refractivity (Wildman–Crippen MR) is 89.5 cm³/mol. The minimum absolute atomic E-state index is 0.203. The van der Waals surface area contributed by atoms with E-state index in [9.17, 15) is 4.79 Å². The van der Waals surface area contributed by atoms with E-state index in [1.807, 2.05) is 19.9 Å². The lowest BCUT2D eigenvalue weighted by Gasteiger charge is -2.16. The molecule has 0 unspecified atom stereocenters. The molecule has 0 aliphatic heterocycles. The van der Waals surface area contributed by atoms with E-state index in [-0.39, 0.29) is 10.8 Å². The number of carbonyl (C=O) groups is 1. The number of halogens is 2. The number of nitrogens with two attached hydrogens (primary N) is 1. The van der Waals surface area contributed by atoms with Crippen LogP contribution in [0.2, 0.25) is 5.02 Å². The van der Waals surface area contributed by atoms with Gasteiger partial charge in [-0.3, -0.25) is 4.79 Å². The van der Waals surface area contributed by atoms with Crippen LogP contribution in [-0.4, -0.2) is 12.9 Å². The van der Waals surface area contributed by atoms with Crippen LogP contribution in [0.5, 0.6) is 5.75 Å². The summed E-state index contributed by atoms with van der Waals surface area (Å²) in [5.41, 5.74) is 8.71. The fourth-order valence-corrected chi connectivity index (χ4v) is 3.00. The van der Waals surface area contributed by atoms with Crippen molar-refractivity contribution in [2.75, 3.05) is 12.8 Å². The highest BCUT2D eigenvalue weighted by atomic mass is 79.9. The summed E-state index contributed by atoms with van der Waals surface area (Å²) in [6, 6.07) is 6.96. The van der Waals surface area contributed by atoms with Crippen molar-refractivity contribution in [1.29, 1.82) is 0 Å². The summed E-state index contributed by atoms with van der Waals surface area (Å²) in [6.45, 7) is 3.75. The highest BCUT2D eigenvalue weighted by molar-refractivity contribution is 9.10. The second kappa shape index (κ2) is 6.08. The van der Waals surface area contributed by atoms with Gasteiger partial charge >= 0.3 is 0 Å². The number of rotatable bonds is 3. The number of ketones is 1. The molecule has 0 spiro atoms. The fourth-order valence-electron chi connectivity index (χ4n) is 2.25. The van der Waals surface area contributed by atoms with Crippen molar-refractivity contribution in [2.45, 2.75) is 13.8 Å². The molecule has 0 heterocycles. The minimum atomic E-state index is -0.203. The van der Waals surface area contributed by atoms with Crippen LogP contribution in [0.1, 0.15) is 27.0 Å². The first-order chi connectivity index (χ1) is 9.88. The first-order valence-corrected chi connectivity index (χ1v) is 7.48. The quantitative estimate of drug-likeness (QED) is 0.639. The van der Waals surface area contributed by atoms with Crippen molar-refractivity contribution in [3.05, 3.63) is 56.0 Å². The van der Waals surface area contributed by atoms with Gasteiger partial charge in [-0.1, -0.05) is 33.6 Å². The van der Waals surface area contributed by atoms with Crippen molar-refractivity contribution in [1.82, 2.24) is 0 Å². The molecule has 0 radical (unpaired) electrons. The lowest BCUT2D eigenvalue weighted by atomic mass is 9.95. The zero-order valence-electron chi connectivity index (χ0n) is 12.0. The summed E-state index contributed by atoms with van der Waals surface area (Å²) < 4.78 is 6.26. The molecule has 0 atom stereocenters. The van der Waals surface area contributed by atoms with Gasteiger partial charge in [0, 0.05) is 10.0 Å². The summed E-state index contributed by atoms with van der Waals surface area (Å²) in [5.74, 6) is 0.352. The Hall–Kier alpha value is -1.52. The van der Waals surface area contributed by atoms with Gasteiger partial charge in [0.05, 0.1) is 23.4 Å². The molecule has 5 heteroatoms. The van der Waals surface area contributed by atoms with E-state index in [1.54, 1.807) is 25.3 Å². The number of hydrogen-bond donors (Lipinski definition) is 1. The third kappa shape index (κ3) is 2.78. The largest absolute Gasteiger partial charge is 0.496 e. The van der Waals surface area contributed by atoms with Crippen molar-refractivity contribution >= 4 is 39.0 Å². The van der Waals surface area contributed by atoms with Crippen LogP contribution >= 0.6 is 27.5 Å². The smallest absolute Gasteiger partial charge is 0.198 e. The van der Waals surface area contributed by atoms with E-state index in [2.05, 4.69) is 15.9 Å². The normalized spacial score (nSPS) is 10.5. The first kappa shape index (κ1) is 15.9. The first-order valence-electron chi connectivity index (χ1n) is 6.30. The third-order valence-corrected chi connectivity index (χ3v) is 4.61. The van der Waals surface area contributed by atoms with Crippen LogP contribution in [0.3, 0.4) is 0 Å². The Morgan fingerprint density at radius 1 is 1.33 bits per heavy atom. The molecule has 2 aromatic carbocycles. The molecular weight excluding hydrogens is 354 g/mol. The molecule has 0 saturated heterocycles. The zero-order valence-corrected chi connectivity index (χ0v) is 14.3. The SMILES string of the molecule is COc1c(C)cc(Br)c(C)c1C(=O)c1cccc(N)c1Cl. The van der Waals surface area contributed by atoms with Crippen molar-refractivity contribution < 1.29 is 9.53 Å². The number of nitrogen functional groups attached to an aromatic ring is 1. The average Bonchev–Trinajstić information content (AvgIpc) is 2.44. The zero-order chi connectivity index (χ0) is 15.7. The van der Waals surface area contributed by atoms with Gasteiger partial charge in [-0.2, -0.15) is 0 Å². The van der Waals surface area contributed by atoms with Gasteiger partial charge in [-0.25, -0.2) is 0 Å². The number of benzene rings is 2. The van der Waals surface area contributed by atoms with E-state index in [0.717, 1.165) is 15.6 Å². The Labute approximate surface area is 137 Å². The second-order valence-electron chi connectivity index (χ2n) is 4.75. The third-order valence-electron chi connectivity index (χ3n) is 3.37. The van der Waals surface area contributed by atoms with Gasteiger partial charge in [-0.05, 0) is 43.2 Å². The molecule has 0 amide bonds. The summed E-state index contributed by atoms with van der Waals surface area (Å²) in [6.07, 6.45) is 0. The average molecular weight is 369 g/mol. The number of ether oxygens (including phenoxy) is 1. The highest BCUT2D eigenvalue weighted by Crippen LogP contribution is 2.35. The van der Waals surface area contributed by atoms with Gasteiger partial charge < -0.3 is 10.5 Å². The van der Waals surface area contributed by atoms with Gasteiger partial charge in [0.15, 0.2) is 5.78 Å². The molecular formula is C16H15BrClNO2. The maximum Gasteiger partial charge on any atom is 0.198 e. The van der Waals surface area contributed by atoms with Gasteiger partial charge in [0.2, 0.25) is 0 Å². The van der Waals surface area contributed by atoms with Crippen LogP contribution in [0, 0.1) is 13.8 Å². The lowest BCUT2D eigenvalue weighted by molar-refractivity contribution is 0.103. The molecule has 3 nitrogen and oxygen atoms in total. The number of carbonyl (C=O) groups excluding carboxylic acids is 1. The van der Waals surface area contributed by atoms with E-state index in [4.69, 9.17) is 22.1 Å². The second-order valence-corrected chi connectivity index (χ2v) is 5.98. The molecule has 0 aromatic heterocycles. The maximum absolute atomic E-state index is 12.9. The Bertz CT molecular complexity index is 729. The number of aryl methyl sites for hydroxylation is 1. The van der Waals surface area contributed by atoms with Crippen LogP contribution in [0.25, 0.3) is 0 Å². The van der Waals surface area contributed by atoms with Crippen LogP contribution < -0.4 is 10.5 Å². The molecule has 0 bridgehead atoms. The van der Waals surface area contributed by atoms with Crippen molar-refractivity contribution in [3.63, 3.8) is 0 Å². The molecule has 0 fully saturated rings. The van der Waals surface area contributed by atoms with E-state index in [0.29, 0.717) is 22.6 Å². The summed E-state index contributed by atoms with van der Waals surface area (Å²) in [7, 11) is 1.55. The highest BCUT2D eigenvalue weighted by Gasteiger charge is 2.23. The summed E-state index contributed by atoms with van der Waals surface area (Å²) >= 11 is 9.64. The molecule has 0 saturated carbocycles.